The summed E-state index contributed by atoms with van der Waals surface area (Å²) in [6.45, 7) is 8.18. The number of fused-ring (bicyclic) bond motifs is 1. The summed E-state index contributed by atoms with van der Waals surface area (Å²) in [6, 6.07) is 9.05. The summed E-state index contributed by atoms with van der Waals surface area (Å²) in [7, 11) is -3.71. The number of nitrogens with one attached hydrogen (secondary N) is 1. The summed E-state index contributed by atoms with van der Waals surface area (Å²) in [5, 5.41) is 0. The van der Waals surface area contributed by atoms with E-state index in [1.54, 1.807) is 30.0 Å². The van der Waals surface area contributed by atoms with E-state index in [4.69, 9.17) is 0 Å². The Kier molecular flexibility index (Phi) is 5.29. The van der Waals surface area contributed by atoms with Crippen molar-refractivity contribution >= 4 is 27.3 Å². The minimum Gasteiger partial charge on any atom is -0.312 e. The van der Waals surface area contributed by atoms with Gasteiger partial charge in [-0.25, -0.2) is 8.42 Å². The van der Waals surface area contributed by atoms with Crippen molar-refractivity contribution in [1.29, 1.82) is 0 Å². The second-order valence-electron chi connectivity index (χ2n) is 7.15. The number of benzene rings is 2. The van der Waals surface area contributed by atoms with Gasteiger partial charge in [-0.1, -0.05) is 19.1 Å². The quantitative estimate of drug-likeness (QED) is 0.860. The van der Waals surface area contributed by atoms with Gasteiger partial charge in [0.15, 0.2) is 0 Å². The lowest BCUT2D eigenvalue weighted by Crippen LogP contribution is -2.35. The number of hydrogen-bond acceptors (Lipinski definition) is 3. The summed E-state index contributed by atoms with van der Waals surface area (Å²) in [5.41, 5.74) is 5.08. The molecule has 0 radical (unpaired) electrons. The highest BCUT2D eigenvalue weighted by Gasteiger charge is 2.23. The molecule has 2 aromatic rings. The number of anilines is 2. The van der Waals surface area contributed by atoms with E-state index in [2.05, 4.69) is 4.72 Å². The molecule has 0 atom stereocenters. The fourth-order valence-electron chi connectivity index (χ4n) is 3.52. The lowest BCUT2D eigenvalue weighted by molar-refractivity contribution is -0.118. The Morgan fingerprint density at radius 2 is 1.78 bits per heavy atom. The van der Waals surface area contributed by atoms with Gasteiger partial charge >= 0.3 is 0 Å². The monoisotopic (exact) mass is 386 g/mol. The Bertz CT molecular complexity index is 997. The zero-order valence-electron chi connectivity index (χ0n) is 16.3. The van der Waals surface area contributed by atoms with Crippen LogP contribution in [0.3, 0.4) is 0 Å². The Labute approximate surface area is 161 Å². The van der Waals surface area contributed by atoms with Crippen molar-refractivity contribution in [2.24, 2.45) is 0 Å². The van der Waals surface area contributed by atoms with Crippen LogP contribution in [0, 0.1) is 20.8 Å². The molecule has 0 saturated heterocycles. The van der Waals surface area contributed by atoms with E-state index < -0.39 is 10.0 Å². The van der Waals surface area contributed by atoms with Crippen molar-refractivity contribution in [2.45, 2.75) is 51.9 Å². The molecular formula is C21H26N2O3S. The lowest BCUT2D eigenvalue weighted by atomic mass is 10.0. The Morgan fingerprint density at radius 1 is 1.07 bits per heavy atom. The van der Waals surface area contributed by atoms with Crippen LogP contribution < -0.4 is 9.62 Å². The second kappa shape index (κ2) is 7.35. The van der Waals surface area contributed by atoms with E-state index in [9.17, 15) is 13.2 Å². The molecule has 1 amide bonds. The fraction of sp³-hybridized carbons (Fsp3) is 0.381. The van der Waals surface area contributed by atoms with Crippen LogP contribution in [-0.2, 0) is 21.2 Å². The molecule has 0 aromatic heterocycles. The summed E-state index contributed by atoms with van der Waals surface area (Å²) in [5.74, 6) is 0.0564. The Morgan fingerprint density at radius 3 is 2.48 bits per heavy atom. The predicted molar refractivity (Wildman–Crippen MR) is 109 cm³/mol. The van der Waals surface area contributed by atoms with E-state index in [0.29, 0.717) is 24.2 Å². The number of hydrogen-bond donors (Lipinski definition) is 1. The standard InChI is InChI=1S/C21H26N2O3S/c1-5-21(24)23-10-6-7-17-8-9-18(13-19(17)23)22-27(25,26)20-12-15(3)14(2)11-16(20)4/h8-9,11-13,22H,5-7,10H2,1-4H3. The molecule has 1 aliphatic rings. The van der Waals surface area contributed by atoms with Gasteiger partial charge in [0.2, 0.25) is 5.91 Å². The molecule has 0 unspecified atom stereocenters. The largest absolute Gasteiger partial charge is 0.312 e. The number of sulfonamides is 1. The molecule has 6 heteroatoms. The maximum Gasteiger partial charge on any atom is 0.262 e. The molecule has 5 nitrogen and oxygen atoms in total. The maximum atomic E-state index is 12.9. The molecule has 0 fully saturated rings. The molecule has 144 valence electrons. The smallest absolute Gasteiger partial charge is 0.262 e. The van der Waals surface area contributed by atoms with Crippen LogP contribution in [0.15, 0.2) is 35.2 Å². The van der Waals surface area contributed by atoms with Gasteiger partial charge in [0.25, 0.3) is 10.0 Å². The van der Waals surface area contributed by atoms with Gasteiger partial charge in [0.05, 0.1) is 10.6 Å². The maximum absolute atomic E-state index is 12.9. The summed E-state index contributed by atoms with van der Waals surface area (Å²) < 4.78 is 28.6. The highest BCUT2D eigenvalue weighted by atomic mass is 32.2. The first-order valence-electron chi connectivity index (χ1n) is 9.27. The molecule has 27 heavy (non-hydrogen) atoms. The van der Waals surface area contributed by atoms with Crippen molar-refractivity contribution in [3.63, 3.8) is 0 Å². The van der Waals surface area contributed by atoms with Crippen molar-refractivity contribution in [3.8, 4) is 0 Å². The number of carbonyl (C=O) groups is 1. The third kappa shape index (κ3) is 3.86. The minimum absolute atomic E-state index is 0.0564. The first kappa shape index (κ1) is 19.4. The Balaban J connectivity index is 1.97. The van der Waals surface area contributed by atoms with Crippen LogP contribution in [-0.4, -0.2) is 20.9 Å². The van der Waals surface area contributed by atoms with E-state index in [-0.39, 0.29) is 10.8 Å². The van der Waals surface area contributed by atoms with Crippen molar-refractivity contribution < 1.29 is 13.2 Å². The van der Waals surface area contributed by atoms with Crippen LogP contribution in [0.25, 0.3) is 0 Å². The normalized spacial score (nSPS) is 14.0. The van der Waals surface area contributed by atoms with Gasteiger partial charge in [-0.05, 0) is 74.1 Å². The third-order valence-electron chi connectivity index (χ3n) is 5.14. The van der Waals surface area contributed by atoms with Gasteiger partial charge in [-0.2, -0.15) is 0 Å². The SMILES string of the molecule is CCC(=O)N1CCCc2ccc(NS(=O)(=O)c3cc(C)c(C)cc3C)cc21. The molecular weight excluding hydrogens is 360 g/mol. The predicted octanol–water partition coefficient (Wildman–Crippen LogP) is 4.10. The molecule has 0 saturated carbocycles. The van der Waals surface area contributed by atoms with Crippen molar-refractivity contribution in [2.75, 3.05) is 16.2 Å². The number of rotatable bonds is 4. The molecule has 1 heterocycles. The molecule has 0 bridgehead atoms. The summed E-state index contributed by atoms with van der Waals surface area (Å²) >= 11 is 0. The molecule has 3 rings (SSSR count). The average molecular weight is 387 g/mol. The molecule has 2 aromatic carbocycles. The zero-order valence-corrected chi connectivity index (χ0v) is 17.1. The van der Waals surface area contributed by atoms with E-state index in [1.165, 1.54) is 0 Å². The number of amides is 1. The van der Waals surface area contributed by atoms with E-state index in [1.807, 2.05) is 32.9 Å². The summed E-state index contributed by atoms with van der Waals surface area (Å²) in [4.78, 5) is 14.3. The van der Waals surface area contributed by atoms with Crippen molar-refractivity contribution in [3.05, 3.63) is 52.6 Å². The molecule has 1 aliphatic heterocycles. The van der Waals surface area contributed by atoms with Crippen LogP contribution >= 0.6 is 0 Å². The number of aryl methyl sites for hydroxylation is 4. The van der Waals surface area contributed by atoms with E-state index in [0.717, 1.165) is 35.2 Å². The molecule has 1 N–H and O–H groups in total. The number of nitrogens with zero attached hydrogens (tertiary/aromatic N) is 1. The van der Waals surface area contributed by atoms with Crippen molar-refractivity contribution in [1.82, 2.24) is 0 Å². The number of carbonyl (C=O) groups excluding carboxylic acids is 1. The van der Waals surface area contributed by atoms with Gasteiger partial charge in [-0.3, -0.25) is 9.52 Å². The minimum atomic E-state index is -3.71. The highest BCUT2D eigenvalue weighted by Crippen LogP contribution is 2.32. The third-order valence-corrected chi connectivity index (χ3v) is 6.66. The van der Waals surface area contributed by atoms with Gasteiger partial charge in [0.1, 0.15) is 0 Å². The van der Waals surface area contributed by atoms with E-state index >= 15 is 0 Å². The lowest BCUT2D eigenvalue weighted by Gasteiger charge is -2.30. The fourth-order valence-corrected chi connectivity index (χ4v) is 4.88. The van der Waals surface area contributed by atoms with Gasteiger partial charge in [0, 0.05) is 18.7 Å². The van der Waals surface area contributed by atoms with Gasteiger partial charge < -0.3 is 4.90 Å². The molecule has 0 spiro atoms. The summed E-state index contributed by atoms with van der Waals surface area (Å²) in [6.07, 6.45) is 2.25. The zero-order chi connectivity index (χ0) is 19.8. The first-order valence-corrected chi connectivity index (χ1v) is 10.7. The van der Waals surface area contributed by atoms with Crippen LogP contribution in [0.5, 0.6) is 0 Å². The van der Waals surface area contributed by atoms with Gasteiger partial charge in [-0.15, -0.1) is 0 Å². The highest BCUT2D eigenvalue weighted by molar-refractivity contribution is 7.92. The molecule has 0 aliphatic carbocycles. The van der Waals surface area contributed by atoms with Crippen LogP contribution in [0.4, 0.5) is 11.4 Å². The second-order valence-corrected chi connectivity index (χ2v) is 8.80. The van der Waals surface area contributed by atoms with Crippen LogP contribution in [0.1, 0.15) is 42.0 Å². The Hall–Kier alpha value is -2.34. The van der Waals surface area contributed by atoms with Crippen LogP contribution in [0.2, 0.25) is 0 Å². The first-order chi connectivity index (χ1) is 12.7. The average Bonchev–Trinajstić information content (AvgIpc) is 2.63. The topological polar surface area (TPSA) is 66.5 Å².